The zero-order valence-corrected chi connectivity index (χ0v) is 19.1. The zero-order chi connectivity index (χ0) is 22.8. The highest BCUT2D eigenvalue weighted by Gasteiger charge is 2.35. The van der Waals surface area contributed by atoms with Crippen molar-refractivity contribution in [3.8, 4) is 5.75 Å². The Labute approximate surface area is 187 Å². The predicted molar refractivity (Wildman–Crippen MR) is 122 cm³/mol. The van der Waals surface area contributed by atoms with Gasteiger partial charge in [-0.05, 0) is 71.0 Å². The Hall–Kier alpha value is -2.93. The molecule has 3 N–H and O–H groups in total. The van der Waals surface area contributed by atoms with E-state index in [0.29, 0.717) is 28.6 Å². The van der Waals surface area contributed by atoms with Crippen molar-refractivity contribution in [1.29, 1.82) is 0 Å². The minimum absolute atomic E-state index is 0.321. The maximum Gasteiger partial charge on any atom is 0.412 e. The Kier molecular flexibility index (Phi) is 6.36. The minimum atomic E-state index is -0.603. The highest BCUT2D eigenvalue weighted by Crippen LogP contribution is 2.40. The highest BCUT2D eigenvalue weighted by molar-refractivity contribution is 6.30. The van der Waals surface area contributed by atoms with Crippen molar-refractivity contribution in [2.24, 2.45) is 0 Å². The van der Waals surface area contributed by atoms with Crippen molar-refractivity contribution in [3.63, 3.8) is 0 Å². The smallest absolute Gasteiger partial charge is 0.412 e. The third kappa shape index (κ3) is 6.52. The highest BCUT2D eigenvalue weighted by atomic mass is 35.5. The van der Waals surface area contributed by atoms with E-state index in [4.69, 9.17) is 21.1 Å². The quantitative estimate of drug-likeness (QED) is 0.531. The molecular weight excluding hydrogens is 418 g/mol. The van der Waals surface area contributed by atoms with Crippen LogP contribution < -0.4 is 20.7 Å². The topological polar surface area (TPSA) is 88.7 Å². The van der Waals surface area contributed by atoms with Gasteiger partial charge in [0.25, 0.3) is 0 Å². The summed E-state index contributed by atoms with van der Waals surface area (Å²) in [5.74, 6) is 0.652. The molecule has 0 spiro atoms. The van der Waals surface area contributed by atoms with Crippen molar-refractivity contribution in [1.82, 2.24) is 5.32 Å². The molecule has 7 nitrogen and oxygen atoms in total. The molecule has 3 rings (SSSR count). The summed E-state index contributed by atoms with van der Waals surface area (Å²) >= 11 is 5.99. The number of rotatable bonds is 3. The molecule has 166 valence electrons. The van der Waals surface area contributed by atoms with Gasteiger partial charge >= 0.3 is 12.1 Å². The van der Waals surface area contributed by atoms with Crippen LogP contribution >= 0.6 is 11.6 Å². The average Bonchev–Trinajstić information content (AvgIpc) is 2.59. The van der Waals surface area contributed by atoms with Gasteiger partial charge < -0.3 is 20.1 Å². The van der Waals surface area contributed by atoms with Crippen molar-refractivity contribution < 1.29 is 19.1 Å². The number of anilines is 2. The van der Waals surface area contributed by atoms with E-state index in [1.807, 2.05) is 13.8 Å². The Morgan fingerprint density at radius 1 is 1.10 bits per heavy atom. The van der Waals surface area contributed by atoms with E-state index >= 15 is 0 Å². The number of halogens is 1. The van der Waals surface area contributed by atoms with E-state index < -0.39 is 17.3 Å². The average molecular weight is 446 g/mol. The number of hydrogen-bond donors (Lipinski definition) is 3. The summed E-state index contributed by atoms with van der Waals surface area (Å²) in [7, 11) is 0. The Morgan fingerprint density at radius 3 is 2.48 bits per heavy atom. The number of fused-ring (bicyclic) bond motifs is 1. The minimum Gasteiger partial charge on any atom is -0.487 e. The summed E-state index contributed by atoms with van der Waals surface area (Å²) in [4.78, 5) is 24.8. The van der Waals surface area contributed by atoms with Gasteiger partial charge in [0.05, 0.1) is 6.04 Å². The molecule has 0 radical (unpaired) electrons. The maximum atomic E-state index is 12.6. The van der Waals surface area contributed by atoms with E-state index in [9.17, 15) is 9.59 Å². The summed E-state index contributed by atoms with van der Waals surface area (Å²) in [5, 5.41) is 9.06. The second-order valence-electron chi connectivity index (χ2n) is 9.11. The number of amides is 3. The van der Waals surface area contributed by atoms with Gasteiger partial charge in [-0.2, -0.15) is 0 Å². The first-order valence-corrected chi connectivity index (χ1v) is 10.4. The molecule has 2 aromatic rings. The maximum absolute atomic E-state index is 12.6. The molecule has 1 unspecified atom stereocenters. The lowest BCUT2D eigenvalue weighted by Crippen LogP contribution is -2.42. The number of hydrogen-bond acceptors (Lipinski definition) is 4. The summed E-state index contributed by atoms with van der Waals surface area (Å²) in [6.07, 6.45) is 0.00601. The van der Waals surface area contributed by atoms with Crippen LogP contribution in [-0.4, -0.2) is 23.3 Å². The molecule has 0 saturated carbocycles. The monoisotopic (exact) mass is 445 g/mol. The molecule has 0 aliphatic carbocycles. The van der Waals surface area contributed by atoms with Crippen LogP contribution in [-0.2, 0) is 4.74 Å². The fourth-order valence-electron chi connectivity index (χ4n) is 3.37. The van der Waals surface area contributed by atoms with E-state index in [0.717, 1.165) is 5.56 Å². The zero-order valence-electron chi connectivity index (χ0n) is 18.3. The number of urea groups is 1. The van der Waals surface area contributed by atoms with E-state index in [-0.39, 0.29) is 12.1 Å². The molecular formula is C23H28ClN3O4. The lowest BCUT2D eigenvalue weighted by Gasteiger charge is -2.38. The van der Waals surface area contributed by atoms with Gasteiger partial charge in [-0.15, -0.1) is 0 Å². The van der Waals surface area contributed by atoms with Crippen LogP contribution in [0.3, 0.4) is 0 Å². The van der Waals surface area contributed by atoms with Gasteiger partial charge in [0.2, 0.25) is 0 Å². The predicted octanol–water partition coefficient (Wildman–Crippen LogP) is 6.11. The van der Waals surface area contributed by atoms with E-state index in [2.05, 4.69) is 16.0 Å². The van der Waals surface area contributed by atoms with Gasteiger partial charge in [0.15, 0.2) is 0 Å². The summed E-state index contributed by atoms with van der Waals surface area (Å²) in [5.41, 5.74) is 0.846. The molecule has 3 amide bonds. The molecule has 2 aromatic carbocycles. The number of benzene rings is 2. The first kappa shape index (κ1) is 22.7. The fraction of sp³-hybridized carbons (Fsp3) is 0.391. The second kappa shape index (κ2) is 8.67. The Morgan fingerprint density at radius 2 is 1.81 bits per heavy atom. The summed E-state index contributed by atoms with van der Waals surface area (Å²) in [6, 6.07) is 11.6. The Bertz CT molecular complexity index is 985. The number of ether oxygens (including phenoxy) is 2. The SMILES string of the molecule is CC(C)(C)OC(=O)Nc1ccc2c(c1)C(NC(=O)Nc1cccc(Cl)c1)CC(C)(C)O2. The van der Waals surface area contributed by atoms with Gasteiger partial charge in [-0.1, -0.05) is 17.7 Å². The standard InChI is InChI=1S/C23H28ClN3O4/c1-22(2,3)31-21(29)26-16-9-10-19-17(12-16)18(13-23(4,5)30-19)27-20(28)25-15-8-6-7-14(24)11-15/h6-12,18H,13H2,1-5H3,(H,26,29)(H2,25,27,28). The number of carbonyl (C=O) groups excluding carboxylic acids is 2. The van der Waals surface area contributed by atoms with E-state index in [1.54, 1.807) is 63.2 Å². The first-order chi connectivity index (χ1) is 14.4. The first-order valence-electron chi connectivity index (χ1n) is 10.1. The van der Waals surface area contributed by atoms with Crippen LogP contribution in [0.15, 0.2) is 42.5 Å². The molecule has 1 atom stereocenters. The van der Waals surface area contributed by atoms with Crippen LogP contribution in [0.2, 0.25) is 5.02 Å². The largest absolute Gasteiger partial charge is 0.487 e. The summed E-state index contributed by atoms with van der Waals surface area (Å²) < 4.78 is 11.4. The Balaban J connectivity index is 1.78. The van der Waals surface area contributed by atoms with Gasteiger partial charge in [-0.3, -0.25) is 5.32 Å². The van der Waals surface area contributed by atoms with Crippen LogP contribution in [0, 0.1) is 0 Å². The molecule has 1 aliphatic rings. The fourth-order valence-corrected chi connectivity index (χ4v) is 3.56. The van der Waals surface area contributed by atoms with Crippen LogP contribution in [0.5, 0.6) is 5.75 Å². The van der Waals surface area contributed by atoms with Crippen molar-refractivity contribution in [3.05, 3.63) is 53.1 Å². The molecule has 8 heteroatoms. The third-order valence-electron chi connectivity index (χ3n) is 4.50. The molecule has 0 aromatic heterocycles. The lowest BCUT2D eigenvalue weighted by atomic mass is 9.89. The normalized spacial score (nSPS) is 17.0. The molecule has 0 saturated heterocycles. The number of carbonyl (C=O) groups is 2. The van der Waals surface area contributed by atoms with Gasteiger partial charge in [-0.25, -0.2) is 9.59 Å². The van der Waals surface area contributed by atoms with E-state index in [1.165, 1.54) is 0 Å². The lowest BCUT2D eigenvalue weighted by molar-refractivity contribution is 0.0631. The van der Waals surface area contributed by atoms with Gasteiger partial charge in [0, 0.05) is 28.4 Å². The van der Waals surface area contributed by atoms with Crippen LogP contribution in [0.4, 0.5) is 21.0 Å². The molecule has 0 fully saturated rings. The van der Waals surface area contributed by atoms with Crippen LogP contribution in [0.25, 0.3) is 0 Å². The second-order valence-corrected chi connectivity index (χ2v) is 9.54. The van der Waals surface area contributed by atoms with Crippen molar-refractivity contribution >= 4 is 35.1 Å². The molecule has 1 aliphatic heterocycles. The van der Waals surface area contributed by atoms with Crippen molar-refractivity contribution in [2.45, 2.75) is 58.3 Å². The van der Waals surface area contributed by atoms with Crippen LogP contribution in [0.1, 0.15) is 52.6 Å². The molecule has 1 heterocycles. The number of nitrogens with one attached hydrogen (secondary N) is 3. The molecule has 0 bridgehead atoms. The summed E-state index contributed by atoms with van der Waals surface area (Å²) in [6.45, 7) is 9.33. The van der Waals surface area contributed by atoms with Gasteiger partial charge in [0.1, 0.15) is 17.0 Å². The third-order valence-corrected chi connectivity index (χ3v) is 4.74. The molecule has 31 heavy (non-hydrogen) atoms. The van der Waals surface area contributed by atoms with Crippen molar-refractivity contribution in [2.75, 3.05) is 10.6 Å².